The number of thiazole rings is 1. The fraction of sp³-hybridized carbons (Fsp3) is 0.318. The molecule has 1 aromatic heterocycles. The lowest BCUT2D eigenvalue weighted by Gasteiger charge is -2.31. The van der Waals surface area contributed by atoms with Gasteiger partial charge in [0.05, 0.1) is 30.1 Å². The second kappa shape index (κ2) is 8.65. The molecule has 1 aliphatic heterocycles. The topological polar surface area (TPSA) is 68.7 Å². The van der Waals surface area contributed by atoms with E-state index in [0.717, 1.165) is 22.1 Å². The number of methoxy groups -OCH3 is 2. The molecule has 0 aliphatic carbocycles. The highest BCUT2D eigenvalue weighted by atomic mass is 32.2. The maximum atomic E-state index is 13.0. The smallest absolute Gasteiger partial charge is 0.185 e. The summed E-state index contributed by atoms with van der Waals surface area (Å²) in [6.45, 7) is 1.35. The van der Waals surface area contributed by atoms with Gasteiger partial charge >= 0.3 is 0 Å². The van der Waals surface area contributed by atoms with Crippen LogP contribution < -0.4 is 14.4 Å². The lowest BCUT2D eigenvalue weighted by Crippen LogP contribution is -2.39. The van der Waals surface area contributed by atoms with E-state index >= 15 is 0 Å². The largest absolute Gasteiger partial charge is 0.497 e. The van der Waals surface area contributed by atoms with Crippen LogP contribution in [0.25, 0.3) is 11.3 Å². The Kier molecular flexibility index (Phi) is 5.97. The van der Waals surface area contributed by atoms with E-state index in [1.54, 1.807) is 49.8 Å². The number of piperidine rings is 1. The second-order valence-corrected chi connectivity index (χ2v) is 10.2. The van der Waals surface area contributed by atoms with Crippen LogP contribution in [-0.4, -0.2) is 46.0 Å². The molecule has 8 heteroatoms. The van der Waals surface area contributed by atoms with Crippen molar-refractivity contribution in [2.24, 2.45) is 0 Å². The predicted molar refractivity (Wildman–Crippen MR) is 120 cm³/mol. The first kappa shape index (κ1) is 20.7. The van der Waals surface area contributed by atoms with Crippen LogP contribution in [0.5, 0.6) is 11.5 Å². The molecule has 0 N–H and O–H groups in total. The summed E-state index contributed by atoms with van der Waals surface area (Å²) in [7, 11) is -0.134. The number of anilines is 1. The summed E-state index contributed by atoms with van der Waals surface area (Å²) in [6.07, 6.45) is 1.18. The molecule has 2 heterocycles. The molecule has 6 nitrogen and oxygen atoms in total. The number of ether oxygens (including phenoxy) is 2. The highest BCUT2D eigenvalue weighted by Crippen LogP contribution is 2.32. The summed E-state index contributed by atoms with van der Waals surface area (Å²) < 4.78 is 36.3. The Labute approximate surface area is 181 Å². The Hall–Kier alpha value is -2.58. The Balaban J connectivity index is 1.42. The molecule has 0 saturated carbocycles. The molecule has 4 rings (SSSR count). The van der Waals surface area contributed by atoms with Crippen LogP contribution in [0.1, 0.15) is 12.8 Å². The molecule has 0 spiro atoms. The molecule has 3 aromatic rings. The molecular formula is C22H24N2O4S2. The quantitative estimate of drug-likeness (QED) is 0.566. The van der Waals surface area contributed by atoms with Crippen molar-refractivity contribution in [2.45, 2.75) is 23.0 Å². The molecule has 158 valence electrons. The summed E-state index contributed by atoms with van der Waals surface area (Å²) in [6, 6.07) is 14.5. The first-order valence-electron chi connectivity index (χ1n) is 9.74. The van der Waals surface area contributed by atoms with E-state index in [4.69, 9.17) is 14.5 Å². The Bertz CT molecular complexity index is 1080. The molecule has 0 unspecified atom stereocenters. The molecular weight excluding hydrogens is 420 g/mol. The number of nitrogens with zero attached hydrogens (tertiary/aromatic N) is 2. The van der Waals surface area contributed by atoms with Gasteiger partial charge in [-0.2, -0.15) is 0 Å². The first-order valence-corrected chi connectivity index (χ1v) is 12.2. The van der Waals surface area contributed by atoms with Gasteiger partial charge < -0.3 is 14.4 Å². The van der Waals surface area contributed by atoms with Gasteiger partial charge in [0.15, 0.2) is 15.0 Å². The first-order chi connectivity index (χ1) is 14.5. The Morgan fingerprint density at radius 1 is 0.933 bits per heavy atom. The van der Waals surface area contributed by atoms with Crippen molar-refractivity contribution in [1.82, 2.24) is 4.98 Å². The van der Waals surface area contributed by atoms with E-state index < -0.39 is 9.84 Å². The lowest BCUT2D eigenvalue weighted by atomic mass is 10.1. The molecule has 1 fully saturated rings. The normalized spacial score (nSPS) is 15.2. The third kappa shape index (κ3) is 4.15. The van der Waals surface area contributed by atoms with E-state index in [1.807, 2.05) is 29.6 Å². The summed E-state index contributed by atoms with van der Waals surface area (Å²) >= 11 is 1.59. The molecule has 2 aromatic carbocycles. The van der Waals surface area contributed by atoms with Gasteiger partial charge in [0, 0.05) is 24.0 Å². The van der Waals surface area contributed by atoms with E-state index in [9.17, 15) is 8.42 Å². The molecule has 0 atom stereocenters. The standard InChI is InChI=1S/C22H24N2O4S2/c1-27-17-5-3-16(4-6-17)21-15-29-22(23-21)24-13-11-20(12-14-24)30(25,26)19-9-7-18(28-2)8-10-19/h3-10,15,20H,11-14H2,1-2H3. The number of hydrogen-bond donors (Lipinski definition) is 0. The van der Waals surface area contributed by atoms with Crippen molar-refractivity contribution in [1.29, 1.82) is 0 Å². The molecule has 1 saturated heterocycles. The van der Waals surface area contributed by atoms with E-state index in [1.165, 1.54) is 0 Å². The van der Waals surface area contributed by atoms with Gasteiger partial charge in [0.25, 0.3) is 0 Å². The lowest BCUT2D eigenvalue weighted by molar-refractivity contribution is 0.414. The van der Waals surface area contributed by atoms with Crippen molar-refractivity contribution >= 4 is 26.3 Å². The average Bonchev–Trinajstić information content (AvgIpc) is 3.29. The van der Waals surface area contributed by atoms with E-state index in [-0.39, 0.29) is 5.25 Å². The number of benzene rings is 2. The van der Waals surface area contributed by atoms with Crippen LogP contribution in [0.15, 0.2) is 58.8 Å². The van der Waals surface area contributed by atoms with Crippen LogP contribution in [-0.2, 0) is 9.84 Å². The zero-order chi connectivity index (χ0) is 21.1. The van der Waals surface area contributed by atoms with Crippen LogP contribution in [0.2, 0.25) is 0 Å². The Morgan fingerprint density at radius 3 is 2.07 bits per heavy atom. The van der Waals surface area contributed by atoms with Gasteiger partial charge in [0.1, 0.15) is 11.5 Å². The van der Waals surface area contributed by atoms with Gasteiger partial charge in [-0.05, 0) is 61.4 Å². The van der Waals surface area contributed by atoms with E-state index in [2.05, 4.69) is 4.90 Å². The van der Waals surface area contributed by atoms with Crippen LogP contribution >= 0.6 is 11.3 Å². The summed E-state index contributed by atoms with van der Waals surface area (Å²) in [5, 5.41) is 2.60. The SMILES string of the molecule is COc1ccc(-c2csc(N3CCC(S(=O)(=O)c4ccc(OC)cc4)CC3)n2)cc1. The van der Waals surface area contributed by atoms with Crippen molar-refractivity contribution < 1.29 is 17.9 Å². The Morgan fingerprint density at radius 2 is 1.50 bits per heavy atom. The predicted octanol–water partition coefficient (Wildman–Crippen LogP) is 4.27. The van der Waals surface area contributed by atoms with Crippen molar-refractivity contribution in [2.75, 3.05) is 32.2 Å². The van der Waals surface area contributed by atoms with Crippen LogP contribution in [0.3, 0.4) is 0 Å². The summed E-state index contributed by atoms with van der Waals surface area (Å²) in [4.78, 5) is 7.30. The van der Waals surface area contributed by atoms with Gasteiger partial charge in [-0.3, -0.25) is 0 Å². The van der Waals surface area contributed by atoms with Crippen molar-refractivity contribution in [3.8, 4) is 22.8 Å². The third-order valence-electron chi connectivity index (χ3n) is 5.42. The monoisotopic (exact) mass is 444 g/mol. The minimum Gasteiger partial charge on any atom is -0.497 e. The summed E-state index contributed by atoms with van der Waals surface area (Å²) in [5.41, 5.74) is 1.96. The van der Waals surface area contributed by atoms with Crippen molar-refractivity contribution in [3.05, 3.63) is 53.9 Å². The maximum absolute atomic E-state index is 13.0. The number of aromatic nitrogens is 1. The molecule has 0 radical (unpaired) electrons. The van der Waals surface area contributed by atoms with Crippen LogP contribution in [0, 0.1) is 0 Å². The average molecular weight is 445 g/mol. The number of hydrogen-bond acceptors (Lipinski definition) is 7. The fourth-order valence-corrected chi connectivity index (χ4v) is 6.24. The van der Waals surface area contributed by atoms with Gasteiger partial charge in [0.2, 0.25) is 0 Å². The molecule has 0 bridgehead atoms. The number of sulfone groups is 1. The van der Waals surface area contributed by atoms with Crippen molar-refractivity contribution in [3.63, 3.8) is 0 Å². The minimum atomic E-state index is -3.35. The summed E-state index contributed by atoms with van der Waals surface area (Å²) in [5.74, 6) is 1.47. The zero-order valence-electron chi connectivity index (χ0n) is 16.9. The second-order valence-electron chi connectivity index (χ2n) is 7.15. The van der Waals surface area contributed by atoms with Gasteiger partial charge in [-0.15, -0.1) is 11.3 Å². The third-order valence-corrected chi connectivity index (χ3v) is 8.60. The van der Waals surface area contributed by atoms with Gasteiger partial charge in [-0.25, -0.2) is 13.4 Å². The highest BCUT2D eigenvalue weighted by Gasteiger charge is 2.32. The molecule has 0 amide bonds. The fourth-order valence-electron chi connectivity index (χ4n) is 3.62. The number of rotatable bonds is 6. The highest BCUT2D eigenvalue weighted by molar-refractivity contribution is 7.92. The zero-order valence-corrected chi connectivity index (χ0v) is 18.6. The minimum absolute atomic E-state index is 0.359. The van der Waals surface area contributed by atoms with Crippen LogP contribution in [0.4, 0.5) is 5.13 Å². The molecule has 1 aliphatic rings. The maximum Gasteiger partial charge on any atom is 0.185 e. The van der Waals surface area contributed by atoms with E-state index in [0.29, 0.717) is 36.6 Å². The molecule has 30 heavy (non-hydrogen) atoms. The van der Waals surface area contributed by atoms with Gasteiger partial charge in [-0.1, -0.05) is 0 Å².